The highest BCUT2D eigenvalue weighted by molar-refractivity contribution is 5.70. The lowest BCUT2D eigenvalue weighted by molar-refractivity contribution is 0.123. The van der Waals surface area contributed by atoms with Gasteiger partial charge in [-0.25, -0.2) is 4.98 Å². The first kappa shape index (κ1) is 11.3. The van der Waals surface area contributed by atoms with Crippen LogP contribution in [0.1, 0.15) is 30.0 Å². The number of hydrogen-bond donors (Lipinski definition) is 0. The molecule has 0 bridgehead atoms. The average molecular weight is 257 g/mol. The molecule has 0 spiro atoms. The van der Waals surface area contributed by atoms with Crippen LogP contribution >= 0.6 is 0 Å². The summed E-state index contributed by atoms with van der Waals surface area (Å²) in [5, 5.41) is 0. The monoisotopic (exact) mass is 257 g/mol. The van der Waals surface area contributed by atoms with Gasteiger partial charge in [-0.15, -0.1) is 0 Å². The second-order valence-corrected chi connectivity index (χ2v) is 5.67. The van der Waals surface area contributed by atoms with E-state index in [4.69, 9.17) is 9.72 Å². The largest absolute Gasteiger partial charge is 0.378 e. The number of anilines is 1. The van der Waals surface area contributed by atoms with E-state index in [0.717, 1.165) is 32.0 Å². The molecule has 4 nitrogen and oxygen atoms in total. The molecule has 0 amide bonds. The molecule has 2 fully saturated rings. The molecule has 0 aromatic carbocycles. The SMILES string of the molecule is Cc1cc(N2CCOCC2)c2nc(C3CC3)cn2c1. The van der Waals surface area contributed by atoms with E-state index in [1.54, 1.807) is 0 Å². The number of morpholine rings is 1. The summed E-state index contributed by atoms with van der Waals surface area (Å²) in [6.07, 6.45) is 6.99. The van der Waals surface area contributed by atoms with Crippen LogP contribution in [0.15, 0.2) is 18.5 Å². The number of imidazole rings is 1. The van der Waals surface area contributed by atoms with Gasteiger partial charge >= 0.3 is 0 Å². The Balaban J connectivity index is 1.82. The summed E-state index contributed by atoms with van der Waals surface area (Å²) in [5.41, 5.74) is 4.92. The van der Waals surface area contributed by atoms with Crippen molar-refractivity contribution in [2.75, 3.05) is 31.2 Å². The van der Waals surface area contributed by atoms with Crippen molar-refractivity contribution in [3.8, 4) is 0 Å². The summed E-state index contributed by atoms with van der Waals surface area (Å²) in [6.45, 7) is 5.71. The van der Waals surface area contributed by atoms with Crippen molar-refractivity contribution >= 4 is 11.3 Å². The molecule has 0 N–H and O–H groups in total. The third-order valence-electron chi connectivity index (χ3n) is 4.03. The Morgan fingerprint density at radius 2 is 2.00 bits per heavy atom. The van der Waals surface area contributed by atoms with Crippen molar-refractivity contribution < 1.29 is 4.74 Å². The van der Waals surface area contributed by atoms with Crippen molar-refractivity contribution in [3.05, 3.63) is 29.7 Å². The van der Waals surface area contributed by atoms with Gasteiger partial charge in [-0.2, -0.15) is 0 Å². The first-order chi connectivity index (χ1) is 9.31. The summed E-state index contributed by atoms with van der Waals surface area (Å²) in [5.74, 6) is 0.706. The normalized spacial score (nSPS) is 20.2. The Labute approximate surface area is 113 Å². The highest BCUT2D eigenvalue weighted by Crippen LogP contribution is 2.40. The summed E-state index contributed by atoms with van der Waals surface area (Å²) in [4.78, 5) is 7.27. The van der Waals surface area contributed by atoms with Gasteiger partial charge in [0.1, 0.15) is 0 Å². The number of pyridine rings is 1. The molecule has 1 saturated heterocycles. The van der Waals surface area contributed by atoms with Crippen LogP contribution in [0.3, 0.4) is 0 Å². The molecule has 19 heavy (non-hydrogen) atoms. The number of hydrogen-bond acceptors (Lipinski definition) is 3. The van der Waals surface area contributed by atoms with E-state index in [2.05, 4.69) is 34.7 Å². The standard InChI is InChI=1S/C15H19N3O/c1-11-8-14(17-4-6-19-7-5-17)15-16-13(12-2-3-12)10-18(15)9-11/h8-10,12H,2-7H2,1H3. The van der Waals surface area contributed by atoms with Gasteiger partial charge in [0.2, 0.25) is 0 Å². The van der Waals surface area contributed by atoms with Gasteiger partial charge in [0.15, 0.2) is 5.65 Å². The summed E-state index contributed by atoms with van der Waals surface area (Å²) in [6, 6.07) is 2.25. The molecule has 0 atom stereocenters. The average Bonchev–Trinajstić information content (AvgIpc) is 3.19. The summed E-state index contributed by atoms with van der Waals surface area (Å²) < 4.78 is 7.65. The van der Waals surface area contributed by atoms with Crippen LogP contribution in [0.5, 0.6) is 0 Å². The minimum absolute atomic E-state index is 0.706. The minimum Gasteiger partial charge on any atom is -0.378 e. The predicted octanol–water partition coefficient (Wildman–Crippen LogP) is 2.36. The van der Waals surface area contributed by atoms with Gasteiger partial charge in [-0.05, 0) is 31.4 Å². The van der Waals surface area contributed by atoms with Gasteiger partial charge in [0, 0.05) is 31.4 Å². The third kappa shape index (κ3) is 2.00. The second-order valence-electron chi connectivity index (χ2n) is 5.67. The molecule has 4 rings (SSSR count). The lowest BCUT2D eigenvalue weighted by Crippen LogP contribution is -2.36. The Kier molecular flexibility index (Phi) is 2.52. The topological polar surface area (TPSA) is 29.8 Å². The lowest BCUT2D eigenvalue weighted by atomic mass is 10.2. The van der Waals surface area contributed by atoms with Crippen LogP contribution in [0, 0.1) is 6.92 Å². The Bertz CT molecular complexity index is 609. The van der Waals surface area contributed by atoms with Crippen molar-refractivity contribution in [1.82, 2.24) is 9.38 Å². The first-order valence-corrected chi connectivity index (χ1v) is 7.13. The van der Waals surface area contributed by atoms with Crippen LogP contribution < -0.4 is 4.90 Å². The number of aromatic nitrogens is 2. The maximum atomic E-state index is 5.45. The van der Waals surface area contributed by atoms with E-state index >= 15 is 0 Å². The molecule has 0 radical (unpaired) electrons. The molecule has 3 heterocycles. The fourth-order valence-electron chi connectivity index (χ4n) is 2.85. The van der Waals surface area contributed by atoms with Crippen molar-refractivity contribution in [2.45, 2.75) is 25.7 Å². The van der Waals surface area contributed by atoms with Crippen LogP contribution in [0.4, 0.5) is 5.69 Å². The number of nitrogens with zero attached hydrogens (tertiary/aromatic N) is 3. The van der Waals surface area contributed by atoms with Gasteiger partial charge in [-0.3, -0.25) is 0 Å². The Morgan fingerprint density at radius 3 is 2.74 bits per heavy atom. The number of fused-ring (bicyclic) bond motifs is 1. The van der Waals surface area contributed by atoms with Crippen LogP contribution in [0.2, 0.25) is 0 Å². The van der Waals surface area contributed by atoms with Gasteiger partial charge < -0.3 is 14.0 Å². The fourth-order valence-corrected chi connectivity index (χ4v) is 2.85. The molecule has 2 aliphatic rings. The Morgan fingerprint density at radius 1 is 1.21 bits per heavy atom. The molecule has 1 saturated carbocycles. The van der Waals surface area contributed by atoms with Crippen LogP contribution in [-0.2, 0) is 4.74 Å². The second kappa shape index (κ2) is 4.23. The molecular weight excluding hydrogens is 238 g/mol. The minimum atomic E-state index is 0.706. The molecule has 1 aliphatic heterocycles. The van der Waals surface area contributed by atoms with E-state index in [-0.39, 0.29) is 0 Å². The molecule has 0 unspecified atom stereocenters. The fraction of sp³-hybridized carbons (Fsp3) is 0.533. The van der Waals surface area contributed by atoms with E-state index < -0.39 is 0 Å². The molecule has 2 aromatic heterocycles. The van der Waals surface area contributed by atoms with E-state index in [1.807, 2.05) is 0 Å². The summed E-state index contributed by atoms with van der Waals surface area (Å²) >= 11 is 0. The van der Waals surface area contributed by atoms with E-state index in [9.17, 15) is 0 Å². The predicted molar refractivity (Wildman–Crippen MR) is 74.9 cm³/mol. The Hall–Kier alpha value is -1.55. The van der Waals surface area contributed by atoms with E-state index in [1.165, 1.54) is 29.8 Å². The maximum Gasteiger partial charge on any atom is 0.160 e. The zero-order chi connectivity index (χ0) is 12.8. The van der Waals surface area contributed by atoms with Gasteiger partial charge in [0.25, 0.3) is 0 Å². The highest BCUT2D eigenvalue weighted by Gasteiger charge is 2.27. The summed E-state index contributed by atoms with van der Waals surface area (Å²) in [7, 11) is 0. The first-order valence-electron chi connectivity index (χ1n) is 7.13. The zero-order valence-corrected chi connectivity index (χ0v) is 11.3. The highest BCUT2D eigenvalue weighted by atomic mass is 16.5. The number of ether oxygens (including phenoxy) is 1. The number of aryl methyl sites for hydroxylation is 1. The molecule has 4 heteroatoms. The zero-order valence-electron chi connectivity index (χ0n) is 11.3. The molecule has 100 valence electrons. The van der Waals surface area contributed by atoms with Gasteiger partial charge in [0.05, 0.1) is 24.6 Å². The van der Waals surface area contributed by atoms with E-state index in [0.29, 0.717) is 5.92 Å². The van der Waals surface area contributed by atoms with Crippen LogP contribution in [-0.4, -0.2) is 35.7 Å². The van der Waals surface area contributed by atoms with Crippen molar-refractivity contribution in [2.24, 2.45) is 0 Å². The smallest absolute Gasteiger partial charge is 0.160 e. The molecular formula is C15H19N3O. The van der Waals surface area contributed by atoms with Gasteiger partial charge in [-0.1, -0.05) is 0 Å². The van der Waals surface area contributed by atoms with Crippen molar-refractivity contribution in [3.63, 3.8) is 0 Å². The molecule has 1 aliphatic carbocycles. The molecule has 2 aromatic rings. The van der Waals surface area contributed by atoms with Crippen LogP contribution in [0.25, 0.3) is 5.65 Å². The maximum absolute atomic E-state index is 5.45. The third-order valence-corrected chi connectivity index (χ3v) is 4.03. The lowest BCUT2D eigenvalue weighted by Gasteiger charge is -2.29. The number of rotatable bonds is 2. The van der Waals surface area contributed by atoms with Crippen molar-refractivity contribution in [1.29, 1.82) is 0 Å². The quantitative estimate of drug-likeness (QED) is 0.827.